The lowest BCUT2D eigenvalue weighted by Gasteiger charge is -2.31. The summed E-state index contributed by atoms with van der Waals surface area (Å²) in [5.74, 6) is -1.79. The molecule has 1 aliphatic rings. The number of carboxylic acids is 1. The second kappa shape index (κ2) is 10.8. The first-order valence-electron chi connectivity index (χ1n) is 11.2. The number of nitrogens with zero attached hydrogens (tertiary/aromatic N) is 5. The molecule has 0 bridgehead atoms. The molecular formula is C25H23F4N5O2. The van der Waals surface area contributed by atoms with Crippen molar-refractivity contribution in [3.8, 4) is 11.1 Å². The van der Waals surface area contributed by atoms with E-state index in [0.717, 1.165) is 55.1 Å². The SMILES string of the molecule is Fc1cccc(-c2ccc3nc(C4CCCN(Cc5cccnc5)C4)nn3c2)c1.O=C(O)C(F)(F)F. The molecule has 5 rings (SSSR count). The van der Waals surface area contributed by atoms with Gasteiger partial charge in [-0.1, -0.05) is 18.2 Å². The molecule has 1 saturated heterocycles. The third kappa shape index (κ3) is 6.42. The minimum Gasteiger partial charge on any atom is -0.475 e. The van der Waals surface area contributed by atoms with Gasteiger partial charge in [-0.3, -0.25) is 9.88 Å². The van der Waals surface area contributed by atoms with Gasteiger partial charge in [-0.05, 0) is 60.8 Å². The highest BCUT2D eigenvalue weighted by Gasteiger charge is 2.38. The van der Waals surface area contributed by atoms with Crippen LogP contribution >= 0.6 is 0 Å². The molecule has 0 amide bonds. The first-order valence-corrected chi connectivity index (χ1v) is 11.2. The average molecular weight is 501 g/mol. The lowest BCUT2D eigenvalue weighted by Crippen LogP contribution is -2.34. The molecule has 1 aliphatic heterocycles. The van der Waals surface area contributed by atoms with Gasteiger partial charge in [0.1, 0.15) is 5.82 Å². The molecule has 7 nitrogen and oxygen atoms in total. The number of benzene rings is 1. The van der Waals surface area contributed by atoms with Crippen molar-refractivity contribution in [3.63, 3.8) is 0 Å². The number of likely N-dealkylation sites (tertiary alicyclic amines) is 1. The van der Waals surface area contributed by atoms with E-state index in [0.29, 0.717) is 5.92 Å². The quantitative estimate of drug-likeness (QED) is 0.399. The molecule has 4 aromatic rings. The summed E-state index contributed by atoms with van der Waals surface area (Å²) in [4.78, 5) is 20.3. The van der Waals surface area contributed by atoms with Crippen molar-refractivity contribution in [3.05, 3.63) is 84.3 Å². The van der Waals surface area contributed by atoms with Crippen molar-refractivity contribution in [2.75, 3.05) is 13.1 Å². The van der Waals surface area contributed by atoms with E-state index in [2.05, 4.69) is 16.0 Å². The van der Waals surface area contributed by atoms with Gasteiger partial charge in [0.05, 0.1) is 0 Å². The van der Waals surface area contributed by atoms with Gasteiger partial charge in [0.25, 0.3) is 0 Å². The van der Waals surface area contributed by atoms with E-state index in [1.54, 1.807) is 12.3 Å². The zero-order chi connectivity index (χ0) is 25.7. The largest absolute Gasteiger partial charge is 0.490 e. The van der Waals surface area contributed by atoms with Crippen LogP contribution in [0.2, 0.25) is 0 Å². The number of fused-ring (bicyclic) bond motifs is 1. The van der Waals surface area contributed by atoms with E-state index in [1.165, 1.54) is 17.7 Å². The number of alkyl halides is 3. The van der Waals surface area contributed by atoms with Gasteiger partial charge >= 0.3 is 12.1 Å². The van der Waals surface area contributed by atoms with Gasteiger partial charge in [0.15, 0.2) is 11.5 Å². The van der Waals surface area contributed by atoms with E-state index in [9.17, 15) is 17.6 Å². The summed E-state index contributed by atoms with van der Waals surface area (Å²) in [5, 5.41) is 11.9. The van der Waals surface area contributed by atoms with Gasteiger partial charge in [-0.25, -0.2) is 18.7 Å². The molecule has 0 radical (unpaired) electrons. The van der Waals surface area contributed by atoms with Crippen LogP contribution in [0.15, 0.2) is 67.1 Å². The highest BCUT2D eigenvalue weighted by Crippen LogP contribution is 2.27. The molecule has 1 aromatic carbocycles. The Kier molecular flexibility index (Phi) is 7.58. The Morgan fingerprint density at radius 2 is 1.92 bits per heavy atom. The predicted molar refractivity (Wildman–Crippen MR) is 124 cm³/mol. The van der Waals surface area contributed by atoms with E-state index in [1.807, 2.05) is 41.2 Å². The molecule has 0 aliphatic carbocycles. The molecule has 0 saturated carbocycles. The molecule has 4 heterocycles. The molecule has 1 atom stereocenters. The standard InChI is InChI=1S/C23H22FN5.C2HF3O2/c24-21-7-1-5-18(12-21)19-8-9-22-26-23(27-29(22)16-19)20-6-3-11-28(15-20)14-17-4-2-10-25-13-17;3-2(4,5)1(6)7/h1-2,4-5,7-10,12-13,16,20H,3,6,11,14-15H2;(H,6,7). The fourth-order valence-electron chi connectivity index (χ4n) is 4.07. The van der Waals surface area contributed by atoms with Crippen LogP contribution in [0.5, 0.6) is 0 Å². The number of pyridine rings is 2. The number of hydrogen-bond donors (Lipinski definition) is 1. The second-order valence-corrected chi connectivity index (χ2v) is 8.44. The molecule has 1 unspecified atom stereocenters. The zero-order valence-electron chi connectivity index (χ0n) is 19.1. The number of carboxylic acid groups (broad SMARTS) is 1. The molecule has 1 N–H and O–H groups in total. The molecule has 36 heavy (non-hydrogen) atoms. The van der Waals surface area contributed by atoms with Gasteiger partial charge in [-0.15, -0.1) is 0 Å². The number of piperidine rings is 1. The summed E-state index contributed by atoms with van der Waals surface area (Å²) >= 11 is 0. The Morgan fingerprint density at radius 3 is 2.61 bits per heavy atom. The summed E-state index contributed by atoms with van der Waals surface area (Å²) in [6.07, 6.45) is 2.81. The number of aromatic nitrogens is 4. The molecule has 11 heteroatoms. The maximum atomic E-state index is 13.6. The zero-order valence-corrected chi connectivity index (χ0v) is 19.1. The summed E-state index contributed by atoms with van der Waals surface area (Å²) in [7, 11) is 0. The Hall–Kier alpha value is -3.86. The number of carbonyl (C=O) groups is 1. The maximum Gasteiger partial charge on any atom is 0.490 e. The number of aliphatic carboxylic acids is 1. The highest BCUT2D eigenvalue weighted by molar-refractivity contribution is 5.73. The van der Waals surface area contributed by atoms with Crippen LogP contribution in [0.25, 0.3) is 16.8 Å². The van der Waals surface area contributed by atoms with Crippen molar-refractivity contribution in [1.29, 1.82) is 0 Å². The molecule has 1 fully saturated rings. The van der Waals surface area contributed by atoms with Crippen molar-refractivity contribution < 1.29 is 27.5 Å². The fraction of sp³-hybridized carbons (Fsp3) is 0.280. The van der Waals surface area contributed by atoms with Crippen molar-refractivity contribution in [1.82, 2.24) is 24.5 Å². The van der Waals surface area contributed by atoms with Gasteiger partial charge in [0, 0.05) is 43.2 Å². The minimum atomic E-state index is -5.08. The minimum absolute atomic E-state index is 0.238. The lowest BCUT2D eigenvalue weighted by atomic mass is 9.97. The highest BCUT2D eigenvalue weighted by atomic mass is 19.4. The summed E-state index contributed by atoms with van der Waals surface area (Å²) < 4.78 is 47.1. The molecule has 3 aromatic heterocycles. The first kappa shape index (κ1) is 25.2. The Labute approximate surface area is 204 Å². The van der Waals surface area contributed by atoms with Gasteiger partial charge in [-0.2, -0.15) is 18.3 Å². The number of hydrogen-bond acceptors (Lipinski definition) is 5. The van der Waals surface area contributed by atoms with Crippen LogP contribution < -0.4 is 0 Å². The summed E-state index contributed by atoms with van der Waals surface area (Å²) in [6.45, 7) is 2.94. The number of halogens is 4. The van der Waals surface area contributed by atoms with E-state index >= 15 is 0 Å². The average Bonchev–Trinajstić information content (AvgIpc) is 3.28. The molecule has 0 spiro atoms. The van der Waals surface area contributed by atoms with E-state index < -0.39 is 12.1 Å². The van der Waals surface area contributed by atoms with Crippen LogP contribution in [0, 0.1) is 5.82 Å². The van der Waals surface area contributed by atoms with Crippen molar-refractivity contribution in [2.24, 2.45) is 0 Å². The number of rotatable bonds is 4. The van der Waals surface area contributed by atoms with Crippen molar-refractivity contribution in [2.45, 2.75) is 31.5 Å². The van der Waals surface area contributed by atoms with Crippen LogP contribution in [-0.2, 0) is 11.3 Å². The predicted octanol–water partition coefficient (Wildman–Crippen LogP) is 4.94. The van der Waals surface area contributed by atoms with Crippen LogP contribution in [-0.4, -0.2) is 54.8 Å². The smallest absolute Gasteiger partial charge is 0.475 e. The second-order valence-electron chi connectivity index (χ2n) is 8.44. The molecular weight excluding hydrogens is 478 g/mol. The summed E-state index contributed by atoms with van der Waals surface area (Å²) in [5.41, 5.74) is 3.82. The molecule has 188 valence electrons. The van der Waals surface area contributed by atoms with Crippen LogP contribution in [0.1, 0.15) is 30.1 Å². The van der Waals surface area contributed by atoms with Crippen molar-refractivity contribution >= 4 is 11.6 Å². The van der Waals surface area contributed by atoms with E-state index in [4.69, 9.17) is 20.0 Å². The topological polar surface area (TPSA) is 83.6 Å². The van der Waals surface area contributed by atoms with Gasteiger partial charge in [0.2, 0.25) is 0 Å². The Balaban J connectivity index is 0.000000384. The third-order valence-corrected chi connectivity index (χ3v) is 5.75. The van der Waals surface area contributed by atoms with E-state index in [-0.39, 0.29) is 5.82 Å². The fourth-order valence-corrected chi connectivity index (χ4v) is 4.07. The lowest BCUT2D eigenvalue weighted by molar-refractivity contribution is -0.192. The van der Waals surface area contributed by atoms with Crippen LogP contribution in [0.3, 0.4) is 0 Å². The normalized spacial score (nSPS) is 16.4. The first-order chi connectivity index (χ1) is 17.2. The third-order valence-electron chi connectivity index (χ3n) is 5.75. The Morgan fingerprint density at radius 1 is 1.11 bits per heavy atom. The summed E-state index contributed by atoms with van der Waals surface area (Å²) in [6, 6.07) is 14.6. The van der Waals surface area contributed by atoms with Gasteiger partial charge < -0.3 is 5.11 Å². The van der Waals surface area contributed by atoms with Crippen LogP contribution in [0.4, 0.5) is 17.6 Å². The monoisotopic (exact) mass is 501 g/mol. The maximum absolute atomic E-state index is 13.6. The Bertz CT molecular complexity index is 1330.